The molecule has 0 radical (unpaired) electrons. The van der Waals surface area contributed by atoms with Crippen molar-refractivity contribution in [2.75, 3.05) is 6.61 Å². The minimum Gasteiger partial charge on any atom is -0.493 e. The van der Waals surface area contributed by atoms with Gasteiger partial charge in [-0.1, -0.05) is 38.8 Å². The SMILES string of the molecule is CCCC(CCC)COc1cccc(CN)c1. The smallest absolute Gasteiger partial charge is 0.119 e. The Labute approximate surface area is 105 Å². The van der Waals surface area contributed by atoms with Crippen LogP contribution in [-0.4, -0.2) is 6.61 Å². The van der Waals surface area contributed by atoms with Crippen molar-refractivity contribution in [3.63, 3.8) is 0 Å². The molecule has 0 aliphatic rings. The fraction of sp³-hybridized carbons (Fsp3) is 0.600. The van der Waals surface area contributed by atoms with Gasteiger partial charge in [-0.3, -0.25) is 0 Å². The van der Waals surface area contributed by atoms with Crippen LogP contribution in [0.5, 0.6) is 5.75 Å². The molecule has 0 fully saturated rings. The first kappa shape index (κ1) is 14.0. The Bertz CT molecular complexity index is 306. The molecule has 2 nitrogen and oxygen atoms in total. The van der Waals surface area contributed by atoms with E-state index in [1.807, 2.05) is 24.3 Å². The molecule has 96 valence electrons. The van der Waals surface area contributed by atoms with Gasteiger partial charge in [-0.25, -0.2) is 0 Å². The molecule has 1 rings (SSSR count). The molecule has 2 heteroatoms. The van der Waals surface area contributed by atoms with Crippen molar-refractivity contribution >= 4 is 0 Å². The maximum absolute atomic E-state index is 5.86. The van der Waals surface area contributed by atoms with Gasteiger partial charge < -0.3 is 10.5 Å². The molecule has 0 amide bonds. The van der Waals surface area contributed by atoms with E-state index in [4.69, 9.17) is 10.5 Å². The molecule has 0 aliphatic heterocycles. The van der Waals surface area contributed by atoms with Gasteiger partial charge in [0, 0.05) is 6.54 Å². The van der Waals surface area contributed by atoms with Crippen LogP contribution in [-0.2, 0) is 6.54 Å². The Balaban J connectivity index is 2.46. The monoisotopic (exact) mass is 235 g/mol. The molecule has 0 unspecified atom stereocenters. The molecule has 0 aliphatic carbocycles. The summed E-state index contributed by atoms with van der Waals surface area (Å²) in [6, 6.07) is 8.08. The predicted octanol–water partition coefficient (Wildman–Crippen LogP) is 3.74. The van der Waals surface area contributed by atoms with Crippen molar-refractivity contribution in [3.05, 3.63) is 29.8 Å². The van der Waals surface area contributed by atoms with Gasteiger partial charge in [-0.05, 0) is 36.5 Å². The van der Waals surface area contributed by atoms with Gasteiger partial charge in [0.2, 0.25) is 0 Å². The normalized spacial score (nSPS) is 10.8. The third kappa shape index (κ3) is 5.22. The molecule has 2 N–H and O–H groups in total. The number of benzene rings is 1. The number of hydrogen-bond donors (Lipinski definition) is 1. The van der Waals surface area contributed by atoms with Gasteiger partial charge in [0.15, 0.2) is 0 Å². The largest absolute Gasteiger partial charge is 0.493 e. The second-order valence-corrected chi connectivity index (χ2v) is 4.61. The highest BCUT2D eigenvalue weighted by Crippen LogP contribution is 2.18. The number of nitrogens with two attached hydrogens (primary N) is 1. The van der Waals surface area contributed by atoms with E-state index < -0.39 is 0 Å². The molecule has 0 atom stereocenters. The molecule has 0 bridgehead atoms. The minimum atomic E-state index is 0.574. The summed E-state index contributed by atoms with van der Waals surface area (Å²) in [5.41, 5.74) is 6.74. The van der Waals surface area contributed by atoms with Crippen molar-refractivity contribution in [2.24, 2.45) is 11.7 Å². The maximum Gasteiger partial charge on any atom is 0.119 e. The van der Waals surface area contributed by atoms with E-state index in [-0.39, 0.29) is 0 Å². The Morgan fingerprint density at radius 1 is 1.18 bits per heavy atom. The summed E-state index contributed by atoms with van der Waals surface area (Å²) in [4.78, 5) is 0. The average Bonchev–Trinajstić information content (AvgIpc) is 2.37. The summed E-state index contributed by atoms with van der Waals surface area (Å²) in [5, 5.41) is 0. The number of ether oxygens (including phenoxy) is 1. The standard InChI is InChI=1S/C15H25NO/c1-3-6-13(7-4-2)12-17-15-9-5-8-14(10-15)11-16/h5,8-10,13H,3-4,6-7,11-12,16H2,1-2H3. The van der Waals surface area contributed by atoms with E-state index in [0.29, 0.717) is 12.5 Å². The van der Waals surface area contributed by atoms with Crippen molar-refractivity contribution in [1.29, 1.82) is 0 Å². The first-order chi connectivity index (χ1) is 8.30. The summed E-state index contributed by atoms with van der Waals surface area (Å²) in [6.45, 7) is 5.87. The topological polar surface area (TPSA) is 35.2 Å². The minimum absolute atomic E-state index is 0.574. The van der Waals surface area contributed by atoms with Crippen LogP contribution in [0.4, 0.5) is 0 Å². The fourth-order valence-corrected chi connectivity index (χ4v) is 2.10. The van der Waals surface area contributed by atoms with E-state index in [1.54, 1.807) is 0 Å². The van der Waals surface area contributed by atoms with Crippen LogP contribution in [0.2, 0.25) is 0 Å². The molecule has 0 aromatic heterocycles. The third-order valence-corrected chi connectivity index (χ3v) is 3.01. The molecule has 17 heavy (non-hydrogen) atoms. The zero-order valence-corrected chi connectivity index (χ0v) is 11.1. The Morgan fingerprint density at radius 2 is 1.88 bits per heavy atom. The van der Waals surface area contributed by atoms with E-state index in [2.05, 4.69) is 13.8 Å². The van der Waals surface area contributed by atoms with Crippen LogP contribution < -0.4 is 10.5 Å². The van der Waals surface area contributed by atoms with Crippen molar-refractivity contribution in [3.8, 4) is 5.75 Å². The molecule has 0 saturated heterocycles. The maximum atomic E-state index is 5.86. The lowest BCUT2D eigenvalue weighted by Gasteiger charge is -2.16. The second-order valence-electron chi connectivity index (χ2n) is 4.61. The Morgan fingerprint density at radius 3 is 2.47 bits per heavy atom. The third-order valence-electron chi connectivity index (χ3n) is 3.01. The van der Waals surface area contributed by atoms with Crippen LogP contribution >= 0.6 is 0 Å². The van der Waals surface area contributed by atoms with Crippen LogP contribution in [0.3, 0.4) is 0 Å². The molecule has 0 spiro atoms. The molecule has 0 heterocycles. The number of hydrogen-bond acceptors (Lipinski definition) is 2. The highest BCUT2D eigenvalue weighted by molar-refractivity contribution is 5.28. The van der Waals surface area contributed by atoms with Crippen molar-refractivity contribution < 1.29 is 4.74 Å². The van der Waals surface area contributed by atoms with Crippen molar-refractivity contribution in [1.82, 2.24) is 0 Å². The lowest BCUT2D eigenvalue weighted by atomic mass is 9.99. The van der Waals surface area contributed by atoms with Crippen LogP contribution in [0, 0.1) is 5.92 Å². The van der Waals surface area contributed by atoms with Gasteiger partial charge in [0.1, 0.15) is 5.75 Å². The van der Waals surface area contributed by atoms with Gasteiger partial charge in [0.05, 0.1) is 6.61 Å². The lowest BCUT2D eigenvalue weighted by Crippen LogP contribution is -2.12. The van der Waals surface area contributed by atoms with Gasteiger partial charge in [0.25, 0.3) is 0 Å². The first-order valence-corrected chi connectivity index (χ1v) is 6.71. The zero-order chi connectivity index (χ0) is 12.5. The summed E-state index contributed by atoms with van der Waals surface area (Å²) < 4.78 is 5.86. The highest BCUT2D eigenvalue weighted by atomic mass is 16.5. The van der Waals surface area contributed by atoms with Gasteiger partial charge in [-0.15, -0.1) is 0 Å². The van der Waals surface area contributed by atoms with E-state index >= 15 is 0 Å². The van der Waals surface area contributed by atoms with Gasteiger partial charge in [-0.2, -0.15) is 0 Å². The van der Waals surface area contributed by atoms with E-state index in [1.165, 1.54) is 25.7 Å². The molecule has 0 saturated carbocycles. The highest BCUT2D eigenvalue weighted by Gasteiger charge is 2.07. The molecular weight excluding hydrogens is 210 g/mol. The van der Waals surface area contributed by atoms with Crippen molar-refractivity contribution in [2.45, 2.75) is 46.1 Å². The Kier molecular flexibility index (Phi) is 6.71. The predicted molar refractivity (Wildman–Crippen MR) is 73.1 cm³/mol. The lowest BCUT2D eigenvalue weighted by molar-refractivity contribution is 0.229. The number of rotatable bonds is 8. The van der Waals surface area contributed by atoms with Crippen LogP contribution in [0.25, 0.3) is 0 Å². The fourth-order valence-electron chi connectivity index (χ4n) is 2.10. The first-order valence-electron chi connectivity index (χ1n) is 6.71. The molecule has 1 aromatic rings. The van der Waals surface area contributed by atoms with Crippen LogP contribution in [0.15, 0.2) is 24.3 Å². The summed E-state index contributed by atoms with van der Waals surface area (Å²) in [6.07, 6.45) is 4.97. The summed E-state index contributed by atoms with van der Waals surface area (Å²) >= 11 is 0. The molecule has 1 aromatic carbocycles. The van der Waals surface area contributed by atoms with E-state index in [9.17, 15) is 0 Å². The Hall–Kier alpha value is -1.02. The summed E-state index contributed by atoms with van der Waals surface area (Å²) in [5.74, 6) is 1.64. The second kappa shape index (κ2) is 8.13. The zero-order valence-electron chi connectivity index (χ0n) is 11.1. The average molecular weight is 235 g/mol. The summed E-state index contributed by atoms with van der Waals surface area (Å²) in [7, 11) is 0. The quantitative estimate of drug-likeness (QED) is 0.745. The van der Waals surface area contributed by atoms with Crippen LogP contribution in [0.1, 0.15) is 45.1 Å². The molecular formula is C15H25NO. The van der Waals surface area contributed by atoms with Gasteiger partial charge >= 0.3 is 0 Å². The van der Waals surface area contributed by atoms with E-state index in [0.717, 1.165) is 17.9 Å².